The Hall–Kier alpha value is -7.48. The standard InChI is InChI=1S/C22H16F2N2O3.C20H12F2N2O3.H2/c1-2-28-22(27)18-13-25-26(21(18)20-4-3-11-29-20)16-9-10-17(19(24)12-16)14-5-7-15(23)8-6-14;21-13-5-3-12(4-6-13)15-8-7-14(10-17(15)22)24-19(18-2-1-9-27-18)16(11-23-24)20(25)26;/h3-13H,2H2,1H3;1-11H,(H,25,26);1H. The SMILES string of the molecule is CCOC(=O)c1cnn(-c2ccc(-c3ccc(F)cc3)c(F)c2)c1-c1ccco1.O=C(O)c1cnn(-c2ccc(-c3ccc(F)cc3)c(F)c2)c1-c1ccco1.[HH]. The molecule has 0 fully saturated rings. The number of nitrogens with zero attached hydrogens (tertiary/aromatic N) is 4. The van der Waals surface area contributed by atoms with Gasteiger partial charge in [-0.15, -0.1) is 0 Å². The molecular weight excluding hydrogens is 732 g/mol. The number of ether oxygens (including phenoxy) is 1. The second kappa shape index (κ2) is 15.9. The molecule has 0 spiro atoms. The van der Waals surface area contributed by atoms with E-state index in [1.54, 1.807) is 49.4 Å². The van der Waals surface area contributed by atoms with Gasteiger partial charge in [-0.2, -0.15) is 10.2 Å². The summed E-state index contributed by atoms with van der Waals surface area (Å²) < 4.78 is 74.3. The van der Waals surface area contributed by atoms with E-state index in [2.05, 4.69) is 10.2 Å². The lowest BCUT2D eigenvalue weighted by Gasteiger charge is -2.10. The molecular formula is C42H30F4N4O6. The summed E-state index contributed by atoms with van der Waals surface area (Å²) >= 11 is 0. The second-order valence-electron chi connectivity index (χ2n) is 12.0. The van der Waals surface area contributed by atoms with E-state index >= 15 is 0 Å². The number of carboxylic acid groups (broad SMARTS) is 1. The number of carbonyl (C=O) groups excluding carboxylic acids is 1. The molecule has 10 nitrogen and oxygen atoms in total. The Morgan fingerprint density at radius 2 is 1.11 bits per heavy atom. The van der Waals surface area contributed by atoms with Gasteiger partial charge in [0.1, 0.15) is 45.8 Å². The van der Waals surface area contributed by atoms with E-state index in [9.17, 15) is 32.3 Å². The van der Waals surface area contributed by atoms with Crippen molar-refractivity contribution in [2.75, 3.05) is 6.61 Å². The Morgan fingerprint density at radius 1 is 0.661 bits per heavy atom. The topological polar surface area (TPSA) is 126 Å². The normalized spacial score (nSPS) is 10.9. The Labute approximate surface area is 316 Å². The first-order chi connectivity index (χ1) is 27.1. The number of benzene rings is 4. The van der Waals surface area contributed by atoms with Gasteiger partial charge < -0.3 is 18.7 Å². The van der Waals surface area contributed by atoms with Gasteiger partial charge in [0.2, 0.25) is 0 Å². The summed E-state index contributed by atoms with van der Waals surface area (Å²) in [6.45, 7) is 1.92. The van der Waals surface area contributed by atoms with Gasteiger partial charge in [-0.25, -0.2) is 36.5 Å². The van der Waals surface area contributed by atoms with Crippen molar-refractivity contribution in [1.29, 1.82) is 0 Å². The monoisotopic (exact) mass is 762 g/mol. The third kappa shape index (κ3) is 7.48. The summed E-state index contributed by atoms with van der Waals surface area (Å²) in [6, 6.07) is 26.5. The van der Waals surface area contributed by atoms with Crippen molar-refractivity contribution >= 4 is 11.9 Å². The first-order valence-electron chi connectivity index (χ1n) is 16.9. The lowest BCUT2D eigenvalue weighted by Crippen LogP contribution is -2.07. The lowest BCUT2D eigenvalue weighted by molar-refractivity contribution is 0.0526. The molecule has 282 valence electrons. The summed E-state index contributed by atoms with van der Waals surface area (Å²) in [4.78, 5) is 23.8. The van der Waals surface area contributed by atoms with Gasteiger partial charge in [0, 0.05) is 24.7 Å². The molecule has 56 heavy (non-hydrogen) atoms. The molecule has 14 heteroatoms. The quantitative estimate of drug-likeness (QED) is 0.114. The number of furan rings is 2. The van der Waals surface area contributed by atoms with Crippen LogP contribution in [0.2, 0.25) is 0 Å². The molecule has 0 bridgehead atoms. The molecule has 0 aliphatic heterocycles. The summed E-state index contributed by atoms with van der Waals surface area (Å²) in [5.41, 5.74) is 3.15. The largest absolute Gasteiger partial charge is 0.478 e. The predicted molar refractivity (Wildman–Crippen MR) is 198 cm³/mol. The molecule has 4 aromatic carbocycles. The molecule has 0 aliphatic carbocycles. The molecule has 0 atom stereocenters. The molecule has 1 N–H and O–H groups in total. The maximum absolute atomic E-state index is 14.8. The van der Waals surface area contributed by atoms with Crippen molar-refractivity contribution in [3.8, 4) is 56.5 Å². The van der Waals surface area contributed by atoms with Crippen LogP contribution in [0.5, 0.6) is 0 Å². The first kappa shape index (κ1) is 36.9. The Kier molecular flexibility index (Phi) is 10.4. The maximum atomic E-state index is 14.8. The van der Waals surface area contributed by atoms with Gasteiger partial charge in [0.05, 0.1) is 42.9 Å². The summed E-state index contributed by atoms with van der Waals surface area (Å²) in [5.74, 6) is -2.87. The summed E-state index contributed by atoms with van der Waals surface area (Å²) in [5, 5.41) is 17.7. The van der Waals surface area contributed by atoms with Crippen LogP contribution in [0.15, 0.2) is 143 Å². The fraction of sp³-hybridized carbons (Fsp3) is 0.0476. The zero-order chi connectivity index (χ0) is 39.3. The van der Waals surface area contributed by atoms with Gasteiger partial charge in [-0.3, -0.25) is 0 Å². The van der Waals surface area contributed by atoms with E-state index in [0.29, 0.717) is 50.8 Å². The number of carboxylic acids is 1. The average Bonchev–Trinajstić information content (AvgIpc) is 4.03. The molecule has 0 saturated carbocycles. The van der Waals surface area contributed by atoms with E-state index in [0.717, 1.165) is 0 Å². The highest BCUT2D eigenvalue weighted by atomic mass is 19.1. The third-order valence-corrected chi connectivity index (χ3v) is 8.48. The van der Waals surface area contributed by atoms with Crippen LogP contribution in [-0.4, -0.2) is 43.2 Å². The fourth-order valence-electron chi connectivity index (χ4n) is 5.90. The van der Waals surface area contributed by atoms with E-state index in [1.165, 1.54) is 101 Å². The highest BCUT2D eigenvalue weighted by Crippen LogP contribution is 2.32. The minimum absolute atomic E-state index is 0. The fourth-order valence-corrected chi connectivity index (χ4v) is 5.90. The second-order valence-corrected chi connectivity index (χ2v) is 12.0. The van der Waals surface area contributed by atoms with Crippen LogP contribution in [-0.2, 0) is 4.74 Å². The molecule has 0 saturated heterocycles. The number of aromatic nitrogens is 4. The molecule has 0 radical (unpaired) electrons. The maximum Gasteiger partial charge on any atom is 0.342 e. The van der Waals surface area contributed by atoms with Gasteiger partial charge in [0.25, 0.3) is 0 Å². The summed E-state index contributed by atoms with van der Waals surface area (Å²) in [7, 11) is 0. The van der Waals surface area contributed by atoms with Crippen molar-refractivity contribution in [3.05, 3.63) is 169 Å². The van der Waals surface area contributed by atoms with E-state index in [-0.39, 0.29) is 24.9 Å². The number of hydrogen-bond donors (Lipinski definition) is 1. The Bertz CT molecular complexity index is 2640. The predicted octanol–water partition coefficient (Wildman–Crippen LogP) is 10.3. The minimum Gasteiger partial charge on any atom is -0.478 e. The number of halogens is 4. The molecule has 8 aromatic rings. The van der Waals surface area contributed by atoms with Crippen LogP contribution in [0.3, 0.4) is 0 Å². The number of esters is 1. The zero-order valence-electron chi connectivity index (χ0n) is 29.2. The molecule has 0 amide bonds. The van der Waals surface area contributed by atoms with Gasteiger partial charge in [0.15, 0.2) is 11.5 Å². The van der Waals surface area contributed by atoms with E-state index in [1.807, 2.05) is 0 Å². The Morgan fingerprint density at radius 3 is 1.50 bits per heavy atom. The molecule has 4 aromatic heterocycles. The van der Waals surface area contributed by atoms with Crippen molar-refractivity contribution in [3.63, 3.8) is 0 Å². The number of carbonyl (C=O) groups is 2. The van der Waals surface area contributed by atoms with Crippen LogP contribution in [0, 0.1) is 23.3 Å². The molecule has 0 unspecified atom stereocenters. The van der Waals surface area contributed by atoms with Gasteiger partial charge in [-0.05, 0) is 90.8 Å². The van der Waals surface area contributed by atoms with Crippen molar-refractivity contribution in [2.24, 2.45) is 0 Å². The number of hydrogen-bond acceptors (Lipinski definition) is 7. The van der Waals surface area contributed by atoms with Crippen LogP contribution >= 0.6 is 0 Å². The van der Waals surface area contributed by atoms with Crippen molar-refractivity contribution in [1.82, 2.24) is 19.6 Å². The van der Waals surface area contributed by atoms with Crippen molar-refractivity contribution < 1.29 is 47.3 Å². The minimum atomic E-state index is -1.17. The zero-order valence-corrected chi connectivity index (χ0v) is 29.2. The highest BCUT2D eigenvalue weighted by Gasteiger charge is 2.24. The van der Waals surface area contributed by atoms with Crippen LogP contribution < -0.4 is 0 Å². The van der Waals surface area contributed by atoms with E-state index < -0.39 is 35.2 Å². The molecule has 0 aliphatic rings. The van der Waals surface area contributed by atoms with Crippen LogP contribution in [0.25, 0.3) is 56.5 Å². The van der Waals surface area contributed by atoms with Crippen LogP contribution in [0.1, 0.15) is 29.1 Å². The molecule has 8 rings (SSSR count). The third-order valence-electron chi connectivity index (χ3n) is 8.48. The smallest absolute Gasteiger partial charge is 0.342 e. The van der Waals surface area contributed by atoms with Gasteiger partial charge in [-0.1, -0.05) is 24.3 Å². The van der Waals surface area contributed by atoms with Crippen molar-refractivity contribution in [2.45, 2.75) is 6.92 Å². The Balaban J connectivity index is 0.000000190. The number of aromatic carboxylic acids is 1. The van der Waals surface area contributed by atoms with Gasteiger partial charge >= 0.3 is 11.9 Å². The molecule has 4 heterocycles. The first-order valence-corrected chi connectivity index (χ1v) is 16.9. The summed E-state index contributed by atoms with van der Waals surface area (Å²) in [6.07, 6.45) is 5.43. The number of rotatable bonds is 9. The van der Waals surface area contributed by atoms with Crippen LogP contribution in [0.4, 0.5) is 17.6 Å². The lowest BCUT2D eigenvalue weighted by atomic mass is 10.0. The van der Waals surface area contributed by atoms with E-state index in [4.69, 9.17) is 13.6 Å². The highest BCUT2D eigenvalue weighted by molar-refractivity contribution is 5.96. The average molecular weight is 763 g/mol.